The standard InChI is InChI=1S/C17H21Cl2NO/c1-17(2)13(11-14(18)19)15(17)16(21)20-10-6-9-12-7-4-3-5-8-12/h3-5,7-8,11,13,15H,6,9-10H2,1-2H3,(H,20,21)/t13-,15-/m1/s1. The van der Waals surface area contributed by atoms with Gasteiger partial charge in [0, 0.05) is 6.54 Å². The molecule has 1 amide bonds. The number of carbonyl (C=O) groups excluding carboxylic acids is 1. The third kappa shape index (κ3) is 4.24. The number of carbonyl (C=O) groups is 1. The van der Waals surface area contributed by atoms with E-state index >= 15 is 0 Å². The van der Waals surface area contributed by atoms with Crippen molar-refractivity contribution in [3.8, 4) is 0 Å². The fraction of sp³-hybridized carbons (Fsp3) is 0.471. The Hall–Kier alpha value is -0.990. The summed E-state index contributed by atoms with van der Waals surface area (Å²) in [7, 11) is 0. The Bertz CT molecular complexity index is 521. The minimum atomic E-state index is -0.0570. The zero-order valence-electron chi connectivity index (χ0n) is 12.4. The van der Waals surface area contributed by atoms with Gasteiger partial charge in [-0.15, -0.1) is 0 Å². The van der Waals surface area contributed by atoms with Crippen LogP contribution in [0.4, 0.5) is 0 Å². The Kier molecular flexibility index (Phi) is 5.34. The summed E-state index contributed by atoms with van der Waals surface area (Å²) >= 11 is 11.4. The topological polar surface area (TPSA) is 29.1 Å². The molecule has 0 aromatic heterocycles. The van der Waals surface area contributed by atoms with E-state index in [-0.39, 0.29) is 27.6 Å². The van der Waals surface area contributed by atoms with Crippen LogP contribution in [0.25, 0.3) is 0 Å². The lowest BCUT2D eigenvalue weighted by Gasteiger charge is -2.06. The van der Waals surface area contributed by atoms with Crippen molar-refractivity contribution in [3.05, 3.63) is 46.5 Å². The number of hydrogen-bond acceptors (Lipinski definition) is 1. The van der Waals surface area contributed by atoms with Gasteiger partial charge in [-0.1, -0.05) is 67.4 Å². The van der Waals surface area contributed by atoms with E-state index in [1.807, 2.05) is 18.2 Å². The number of benzene rings is 1. The molecule has 1 aliphatic carbocycles. The van der Waals surface area contributed by atoms with Gasteiger partial charge in [0.05, 0.1) is 5.92 Å². The molecule has 2 atom stereocenters. The van der Waals surface area contributed by atoms with Gasteiger partial charge in [0.1, 0.15) is 4.49 Å². The molecule has 0 saturated heterocycles. The quantitative estimate of drug-likeness (QED) is 0.775. The van der Waals surface area contributed by atoms with Gasteiger partial charge in [0.15, 0.2) is 0 Å². The maximum absolute atomic E-state index is 12.2. The van der Waals surface area contributed by atoms with Crippen LogP contribution in [0.5, 0.6) is 0 Å². The van der Waals surface area contributed by atoms with Crippen molar-refractivity contribution in [2.45, 2.75) is 26.7 Å². The molecule has 0 radical (unpaired) electrons. The van der Waals surface area contributed by atoms with Gasteiger partial charge in [-0.05, 0) is 35.8 Å². The molecule has 1 aliphatic rings. The maximum Gasteiger partial charge on any atom is 0.224 e. The van der Waals surface area contributed by atoms with Crippen molar-refractivity contribution in [3.63, 3.8) is 0 Å². The second-order valence-electron chi connectivity index (χ2n) is 6.16. The monoisotopic (exact) mass is 325 g/mol. The average molecular weight is 326 g/mol. The van der Waals surface area contributed by atoms with E-state index in [1.54, 1.807) is 6.08 Å². The van der Waals surface area contributed by atoms with Crippen LogP contribution in [0, 0.1) is 17.3 Å². The smallest absolute Gasteiger partial charge is 0.224 e. The summed E-state index contributed by atoms with van der Waals surface area (Å²) in [6.45, 7) is 4.84. The molecule has 1 N–H and O–H groups in total. The normalized spacial score (nSPS) is 22.5. The minimum absolute atomic E-state index is 0.0262. The highest BCUT2D eigenvalue weighted by Crippen LogP contribution is 2.59. The Balaban J connectivity index is 1.74. The molecular weight excluding hydrogens is 305 g/mol. The number of halogens is 2. The van der Waals surface area contributed by atoms with Gasteiger partial charge in [0.2, 0.25) is 5.91 Å². The van der Waals surface area contributed by atoms with Gasteiger partial charge < -0.3 is 5.32 Å². The maximum atomic E-state index is 12.2. The third-order valence-electron chi connectivity index (χ3n) is 4.28. The largest absolute Gasteiger partial charge is 0.356 e. The van der Waals surface area contributed by atoms with E-state index < -0.39 is 0 Å². The predicted molar refractivity (Wildman–Crippen MR) is 88.3 cm³/mol. The number of aryl methyl sites for hydroxylation is 1. The Labute approximate surface area is 136 Å². The second kappa shape index (κ2) is 6.85. The molecule has 0 heterocycles. The van der Waals surface area contributed by atoms with Crippen molar-refractivity contribution >= 4 is 29.1 Å². The molecule has 0 unspecified atom stereocenters. The van der Waals surface area contributed by atoms with E-state index in [2.05, 4.69) is 31.3 Å². The summed E-state index contributed by atoms with van der Waals surface area (Å²) in [5, 5.41) is 3.02. The lowest BCUT2D eigenvalue weighted by atomic mass is 10.1. The van der Waals surface area contributed by atoms with Crippen molar-refractivity contribution in [2.75, 3.05) is 6.54 Å². The van der Waals surface area contributed by atoms with E-state index in [0.29, 0.717) is 6.54 Å². The average Bonchev–Trinajstić information content (AvgIpc) is 2.96. The van der Waals surface area contributed by atoms with E-state index in [0.717, 1.165) is 12.8 Å². The number of hydrogen-bond donors (Lipinski definition) is 1. The molecule has 0 spiro atoms. The van der Waals surface area contributed by atoms with Crippen LogP contribution in [-0.4, -0.2) is 12.5 Å². The number of allylic oxidation sites excluding steroid dienone is 1. The summed E-state index contributed by atoms with van der Waals surface area (Å²) in [5.74, 6) is 0.210. The zero-order chi connectivity index (χ0) is 15.5. The minimum Gasteiger partial charge on any atom is -0.356 e. The molecule has 1 fully saturated rings. The molecule has 0 bridgehead atoms. The summed E-state index contributed by atoms with van der Waals surface area (Å²) in [6.07, 6.45) is 3.70. The number of amides is 1. The van der Waals surface area contributed by atoms with Crippen LogP contribution in [0.1, 0.15) is 25.8 Å². The second-order valence-corrected chi connectivity index (χ2v) is 7.17. The molecule has 4 heteroatoms. The van der Waals surface area contributed by atoms with Crippen molar-refractivity contribution in [1.29, 1.82) is 0 Å². The van der Waals surface area contributed by atoms with Crippen LogP contribution in [-0.2, 0) is 11.2 Å². The summed E-state index contributed by atoms with van der Waals surface area (Å²) in [6, 6.07) is 10.3. The van der Waals surface area contributed by atoms with Crippen LogP contribution >= 0.6 is 23.2 Å². The highest BCUT2D eigenvalue weighted by atomic mass is 35.5. The van der Waals surface area contributed by atoms with Crippen LogP contribution in [0.2, 0.25) is 0 Å². The Morgan fingerprint density at radius 1 is 1.29 bits per heavy atom. The molecule has 1 saturated carbocycles. The van der Waals surface area contributed by atoms with E-state index in [1.165, 1.54) is 5.56 Å². The van der Waals surface area contributed by atoms with E-state index in [4.69, 9.17) is 23.2 Å². The highest BCUT2D eigenvalue weighted by Gasteiger charge is 2.60. The van der Waals surface area contributed by atoms with Crippen LogP contribution in [0.15, 0.2) is 40.9 Å². The van der Waals surface area contributed by atoms with Crippen LogP contribution < -0.4 is 5.32 Å². The first-order valence-electron chi connectivity index (χ1n) is 7.27. The molecule has 114 valence electrons. The molecule has 21 heavy (non-hydrogen) atoms. The lowest BCUT2D eigenvalue weighted by Crippen LogP contribution is -2.28. The summed E-state index contributed by atoms with van der Waals surface area (Å²) in [5.41, 5.74) is 1.24. The van der Waals surface area contributed by atoms with E-state index in [9.17, 15) is 4.79 Å². The van der Waals surface area contributed by atoms with Crippen molar-refractivity contribution in [1.82, 2.24) is 5.32 Å². The first-order chi connectivity index (χ1) is 9.93. The fourth-order valence-corrected chi connectivity index (χ4v) is 3.16. The van der Waals surface area contributed by atoms with Crippen molar-refractivity contribution in [2.24, 2.45) is 17.3 Å². The first-order valence-corrected chi connectivity index (χ1v) is 8.03. The predicted octanol–water partition coefficient (Wildman–Crippen LogP) is 4.33. The number of nitrogens with one attached hydrogen (secondary N) is 1. The highest BCUT2D eigenvalue weighted by molar-refractivity contribution is 6.55. The van der Waals surface area contributed by atoms with Gasteiger partial charge in [-0.2, -0.15) is 0 Å². The van der Waals surface area contributed by atoms with Gasteiger partial charge in [0.25, 0.3) is 0 Å². The van der Waals surface area contributed by atoms with Gasteiger partial charge in [-0.25, -0.2) is 0 Å². The summed E-state index contributed by atoms with van der Waals surface area (Å²) < 4.78 is 0.243. The van der Waals surface area contributed by atoms with Crippen LogP contribution in [0.3, 0.4) is 0 Å². The summed E-state index contributed by atoms with van der Waals surface area (Å²) in [4.78, 5) is 12.2. The lowest BCUT2D eigenvalue weighted by molar-refractivity contribution is -0.123. The zero-order valence-corrected chi connectivity index (χ0v) is 13.9. The molecule has 0 aliphatic heterocycles. The van der Waals surface area contributed by atoms with Gasteiger partial charge in [-0.3, -0.25) is 4.79 Å². The molecule has 1 aromatic rings. The molecule has 2 rings (SSSR count). The fourth-order valence-electron chi connectivity index (χ4n) is 2.88. The number of rotatable bonds is 6. The van der Waals surface area contributed by atoms with Gasteiger partial charge >= 0.3 is 0 Å². The first kappa shape index (κ1) is 16.4. The Morgan fingerprint density at radius 2 is 1.95 bits per heavy atom. The Morgan fingerprint density at radius 3 is 2.57 bits per heavy atom. The molecule has 2 nitrogen and oxygen atoms in total. The third-order valence-corrected chi connectivity index (χ3v) is 4.53. The van der Waals surface area contributed by atoms with Crippen molar-refractivity contribution < 1.29 is 4.79 Å². The SMILES string of the molecule is CC1(C)[C@H](C=C(Cl)Cl)[C@@H]1C(=O)NCCCc1ccccc1. The molecule has 1 aromatic carbocycles. The molecular formula is C17H21Cl2NO.